The van der Waals surface area contributed by atoms with Crippen LogP contribution in [0.2, 0.25) is 0 Å². The average molecular weight is 351 g/mol. The number of aryl methyl sites for hydroxylation is 3. The first kappa shape index (κ1) is 17.3. The minimum Gasteiger partial charge on any atom is -0.296 e. The smallest absolute Gasteiger partial charge is 0.257 e. The Morgan fingerprint density at radius 2 is 1.56 bits per heavy atom. The van der Waals surface area contributed by atoms with Crippen molar-refractivity contribution in [3.8, 4) is 10.6 Å². The van der Waals surface area contributed by atoms with Gasteiger partial charge in [0.05, 0.1) is 0 Å². The van der Waals surface area contributed by atoms with Crippen molar-refractivity contribution in [1.82, 2.24) is 10.2 Å². The van der Waals surface area contributed by atoms with Crippen molar-refractivity contribution in [3.05, 3.63) is 63.7 Å². The Kier molecular flexibility index (Phi) is 4.68. The van der Waals surface area contributed by atoms with E-state index in [0.717, 1.165) is 16.1 Å². The van der Waals surface area contributed by atoms with Crippen molar-refractivity contribution in [2.45, 2.75) is 34.6 Å². The Bertz CT molecular complexity index is 933. The normalized spacial score (nSPS) is 10.8. The van der Waals surface area contributed by atoms with Gasteiger partial charge in [-0.05, 0) is 68.5 Å². The lowest BCUT2D eigenvalue weighted by molar-refractivity contribution is 0.102. The minimum atomic E-state index is -0.158. The molecule has 128 valence electrons. The summed E-state index contributed by atoms with van der Waals surface area (Å²) in [6.45, 7) is 10.3. The third-order valence-corrected chi connectivity index (χ3v) is 5.47. The predicted octanol–water partition coefficient (Wildman–Crippen LogP) is 5.00. The largest absolute Gasteiger partial charge is 0.296 e. The van der Waals surface area contributed by atoms with Gasteiger partial charge in [0.2, 0.25) is 5.13 Å². The molecule has 0 spiro atoms. The van der Waals surface area contributed by atoms with E-state index in [-0.39, 0.29) is 5.91 Å². The fraction of sp³-hybridized carbons (Fsp3) is 0.250. The molecule has 0 aliphatic rings. The number of aromatic nitrogens is 2. The molecule has 1 N–H and O–H groups in total. The van der Waals surface area contributed by atoms with Crippen molar-refractivity contribution in [2.75, 3.05) is 5.32 Å². The number of nitrogens with zero attached hydrogens (tertiary/aromatic N) is 2. The van der Waals surface area contributed by atoms with E-state index >= 15 is 0 Å². The second kappa shape index (κ2) is 6.76. The summed E-state index contributed by atoms with van der Waals surface area (Å²) in [6, 6.07) is 9.69. The van der Waals surface area contributed by atoms with E-state index < -0.39 is 0 Å². The third-order valence-electron chi connectivity index (χ3n) is 4.62. The highest BCUT2D eigenvalue weighted by atomic mass is 32.1. The van der Waals surface area contributed by atoms with Gasteiger partial charge < -0.3 is 0 Å². The molecule has 0 saturated heterocycles. The summed E-state index contributed by atoms with van der Waals surface area (Å²) in [5, 5.41) is 12.7. The van der Waals surface area contributed by atoms with E-state index in [1.54, 1.807) is 0 Å². The van der Waals surface area contributed by atoms with Crippen LogP contribution >= 0.6 is 11.3 Å². The number of nitrogens with one attached hydrogen (secondary N) is 1. The molecule has 0 aliphatic carbocycles. The van der Waals surface area contributed by atoms with Gasteiger partial charge in [-0.3, -0.25) is 10.1 Å². The van der Waals surface area contributed by atoms with Crippen LogP contribution in [-0.4, -0.2) is 16.1 Å². The molecule has 0 aliphatic heterocycles. The predicted molar refractivity (Wildman–Crippen MR) is 103 cm³/mol. The third kappa shape index (κ3) is 3.33. The van der Waals surface area contributed by atoms with Crippen LogP contribution in [0.3, 0.4) is 0 Å². The maximum absolute atomic E-state index is 12.5. The topological polar surface area (TPSA) is 54.9 Å². The van der Waals surface area contributed by atoms with Crippen molar-refractivity contribution in [1.29, 1.82) is 0 Å². The quantitative estimate of drug-likeness (QED) is 0.722. The summed E-state index contributed by atoms with van der Waals surface area (Å²) in [7, 11) is 0. The van der Waals surface area contributed by atoms with Gasteiger partial charge in [0.1, 0.15) is 5.01 Å². The zero-order valence-electron chi connectivity index (χ0n) is 15.1. The highest BCUT2D eigenvalue weighted by molar-refractivity contribution is 7.18. The summed E-state index contributed by atoms with van der Waals surface area (Å²) in [5.74, 6) is -0.158. The maximum Gasteiger partial charge on any atom is 0.257 e. The van der Waals surface area contributed by atoms with E-state index in [0.29, 0.717) is 10.7 Å². The van der Waals surface area contributed by atoms with Gasteiger partial charge in [-0.2, -0.15) is 0 Å². The van der Waals surface area contributed by atoms with E-state index in [4.69, 9.17) is 0 Å². The van der Waals surface area contributed by atoms with E-state index in [2.05, 4.69) is 49.3 Å². The molecule has 0 radical (unpaired) electrons. The molecule has 3 aromatic rings. The molecule has 2 aromatic carbocycles. The second-order valence-electron chi connectivity index (χ2n) is 6.32. The first-order valence-electron chi connectivity index (χ1n) is 8.16. The molecule has 3 rings (SSSR count). The summed E-state index contributed by atoms with van der Waals surface area (Å²) in [5.41, 5.74) is 7.58. The molecule has 0 saturated carbocycles. The van der Waals surface area contributed by atoms with Crippen LogP contribution in [0.4, 0.5) is 5.13 Å². The zero-order valence-corrected chi connectivity index (χ0v) is 15.9. The van der Waals surface area contributed by atoms with Crippen LogP contribution in [0.15, 0.2) is 30.3 Å². The van der Waals surface area contributed by atoms with Crippen molar-refractivity contribution in [3.63, 3.8) is 0 Å². The minimum absolute atomic E-state index is 0.158. The lowest BCUT2D eigenvalue weighted by Gasteiger charge is -2.12. The average Bonchev–Trinajstić information content (AvgIpc) is 3.01. The van der Waals surface area contributed by atoms with E-state index in [9.17, 15) is 4.79 Å². The van der Waals surface area contributed by atoms with Crippen LogP contribution in [-0.2, 0) is 0 Å². The Balaban J connectivity index is 1.92. The number of carbonyl (C=O) groups excluding carboxylic acids is 1. The van der Waals surface area contributed by atoms with Crippen LogP contribution in [0.25, 0.3) is 10.6 Å². The SMILES string of the molecule is Cc1ccccc1C(=O)Nc1nnc(-c2c(C)c(C)cc(C)c2C)s1. The fourth-order valence-electron chi connectivity index (χ4n) is 2.90. The number of hydrogen-bond donors (Lipinski definition) is 1. The zero-order chi connectivity index (χ0) is 18.1. The van der Waals surface area contributed by atoms with Crippen molar-refractivity contribution in [2.24, 2.45) is 0 Å². The highest BCUT2D eigenvalue weighted by Gasteiger charge is 2.17. The molecule has 0 bridgehead atoms. The molecular weight excluding hydrogens is 330 g/mol. The number of rotatable bonds is 3. The Labute approximate surface area is 151 Å². The monoisotopic (exact) mass is 351 g/mol. The summed E-state index contributed by atoms with van der Waals surface area (Å²) in [4.78, 5) is 12.5. The Morgan fingerprint density at radius 1 is 0.920 bits per heavy atom. The number of hydrogen-bond acceptors (Lipinski definition) is 4. The van der Waals surface area contributed by atoms with Gasteiger partial charge in [0.25, 0.3) is 5.91 Å². The maximum atomic E-state index is 12.5. The first-order chi connectivity index (χ1) is 11.9. The van der Waals surface area contributed by atoms with E-state index in [1.165, 1.54) is 33.6 Å². The molecule has 1 aromatic heterocycles. The number of amides is 1. The number of carbonyl (C=O) groups is 1. The molecule has 0 fully saturated rings. The lowest BCUT2D eigenvalue weighted by atomic mass is 9.95. The van der Waals surface area contributed by atoms with Crippen molar-refractivity contribution < 1.29 is 4.79 Å². The van der Waals surface area contributed by atoms with Gasteiger partial charge in [-0.1, -0.05) is 35.6 Å². The lowest BCUT2D eigenvalue weighted by Crippen LogP contribution is -2.12. The van der Waals surface area contributed by atoms with Crippen LogP contribution in [0.5, 0.6) is 0 Å². The number of anilines is 1. The first-order valence-corrected chi connectivity index (χ1v) is 8.98. The fourth-order valence-corrected chi connectivity index (χ4v) is 3.80. The molecule has 1 heterocycles. The van der Waals surface area contributed by atoms with E-state index in [1.807, 2.05) is 31.2 Å². The van der Waals surface area contributed by atoms with Gasteiger partial charge >= 0.3 is 0 Å². The molecule has 1 amide bonds. The van der Waals surface area contributed by atoms with Gasteiger partial charge in [0.15, 0.2) is 0 Å². The molecule has 5 heteroatoms. The molecule has 0 atom stereocenters. The summed E-state index contributed by atoms with van der Waals surface area (Å²) in [6.07, 6.45) is 0. The number of benzene rings is 2. The summed E-state index contributed by atoms with van der Waals surface area (Å²) < 4.78 is 0. The van der Waals surface area contributed by atoms with Gasteiger partial charge in [-0.15, -0.1) is 10.2 Å². The molecular formula is C20H21N3OS. The highest BCUT2D eigenvalue weighted by Crippen LogP contribution is 2.34. The van der Waals surface area contributed by atoms with Crippen molar-refractivity contribution >= 4 is 22.4 Å². The second-order valence-corrected chi connectivity index (χ2v) is 7.29. The van der Waals surface area contributed by atoms with Crippen LogP contribution in [0.1, 0.15) is 38.2 Å². The van der Waals surface area contributed by atoms with Crippen LogP contribution in [0, 0.1) is 34.6 Å². The Hall–Kier alpha value is -2.53. The standard InChI is InChI=1S/C20H21N3OS/c1-11-8-6-7-9-16(11)18(24)21-20-23-22-19(25-20)17-14(4)12(2)10-13(3)15(17)5/h6-10H,1-5H3,(H,21,23,24). The Morgan fingerprint density at radius 3 is 2.20 bits per heavy atom. The molecule has 25 heavy (non-hydrogen) atoms. The van der Waals surface area contributed by atoms with Crippen LogP contribution < -0.4 is 5.32 Å². The van der Waals surface area contributed by atoms with Gasteiger partial charge in [-0.25, -0.2) is 0 Å². The molecule has 0 unspecified atom stereocenters. The summed E-state index contributed by atoms with van der Waals surface area (Å²) >= 11 is 1.41. The van der Waals surface area contributed by atoms with Gasteiger partial charge in [0, 0.05) is 11.1 Å². The molecule has 4 nitrogen and oxygen atoms in total.